The lowest BCUT2D eigenvalue weighted by molar-refractivity contribution is 0.110. The summed E-state index contributed by atoms with van der Waals surface area (Å²) in [4.78, 5) is 1.93. The van der Waals surface area contributed by atoms with Crippen LogP contribution in [0.25, 0.3) is 0 Å². The highest BCUT2D eigenvalue weighted by Gasteiger charge is 2.12. The maximum absolute atomic E-state index is 13.6. The molecule has 0 heterocycles. The van der Waals surface area contributed by atoms with E-state index >= 15 is 0 Å². The van der Waals surface area contributed by atoms with E-state index in [0.29, 0.717) is 31.8 Å². The van der Waals surface area contributed by atoms with Crippen LogP contribution in [-0.2, 0) is 11.3 Å². The Hall–Kier alpha value is -1.04. The average molecular weight is 273 g/mol. The van der Waals surface area contributed by atoms with Crippen molar-refractivity contribution < 1.29 is 18.6 Å². The van der Waals surface area contributed by atoms with Crippen molar-refractivity contribution >= 4 is 0 Å². The number of halogens is 2. The number of aliphatic hydroxyl groups is 1. The van der Waals surface area contributed by atoms with E-state index in [1.54, 1.807) is 14.0 Å². The van der Waals surface area contributed by atoms with Gasteiger partial charge in [-0.05, 0) is 19.4 Å². The first-order valence-electron chi connectivity index (χ1n) is 6.36. The van der Waals surface area contributed by atoms with Crippen molar-refractivity contribution in [3.05, 3.63) is 35.4 Å². The number of rotatable bonds is 8. The third kappa shape index (κ3) is 6.09. The van der Waals surface area contributed by atoms with E-state index in [-0.39, 0.29) is 0 Å². The van der Waals surface area contributed by atoms with Crippen molar-refractivity contribution in [3.8, 4) is 0 Å². The molecule has 0 aliphatic carbocycles. The minimum atomic E-state index is -0.581. The predicted octanol–water partition coefficient (Wildman–Crippen LogP) is 2.18. The molecule has 0 saturated carbocycles. The Kier molecular flexibility index (Phi) is 6.91. The molecule has 3 nitrogen and oxygen atoms in total. The van der Waals surface area contributed by atoms with Crippen LogP contribution in [0.4, 0.5) is 8.78 Å². The van der Waals surface area contributed by atoms with Gasteiger partial charge in [0.1, 0.15) is 11.6 Å². The van der Waals surface area contributed by atoms with Gasteiger partial charge in [0.25, 0.3) is 0 Å². The molecule has 5 heteroatoms. The Morgan fingerprint density at radius 2 is 2.11 bits per heavy atom. The van der Waals surface area contributed by atoms with Gasteiger partial charge in [-0.3, -0.25) is 4.90 Å². The van der Waals surface area contributed by atoms with Crippen LogP contribution in [0.3, 0.4) is 0 Å². The summed E-state index contributed by atoms with van der Waals surface area (Å²) >= 11 is 0. The minimum Gasteiger partial charge on any atom is -0.392 e. The summed E-state index contributed by atoms with van der Waals surface area (Å²) in [5, 5.41) is 9.44. The molecule has 19 heavy (non-hydrogen) atoms. The molecule has 0 aliphatic heterocycles. The van der Waals surface area contributed by atoms with Crippen molar-refractivity contribution in [2.24, 2.45) is 0 Å². The smallest absolute Gasteiger partial charge is 0.130 e. The van der Waals surface area contributed by atoms with Gasteiger partial charge in [0.2, 0.25) is 0 Å². The summed E-state index contributed by atoms with van der Waals surface area (Å²) < 4.78 is 31.4. The Bertz CT molecular complexity index is 386. The second-order valence-corrected chi connectivity index (χ2v) is 4.67. The molecule has 1 N–H and O–H groups in total. The van der Waals surface area contributed by atoms with E-state index in [1.807, 2.05) is 4.90 Å². The van der Waals surface area contributed by atoms with Crippen LogP contribution < -0.4 is 0 Å². The lowest BCUT2D eigenvalue weighted by Crippen LogP contribution is -2.32. The summed E-state index contributed by atoms with van der Waals surface area (Å²) in [6.07, 6.45) is 0.303. The van der Waals surface area contributed by atoms with E-state index < -0.39 is 17.7 Å². The second kappa shape index (κ2) is 8.19. The maximum atomic E-state index is 13.6. The van der Waals surface area contributed by atoms with Gasteiger partial charge >= 0.3 is 0 Å². The molecule has 0 saturated heterocycles. The number of nitrogens with zero attached hydrogens (tertiary/aromatic N) is 1. The van der Waals surface area contributed by atoms with Crippen LogP contribution in [0.2, 0.25) is 0 Å². The Labute approximate surface area is 112 Å². The van der Waals surface area contributed by atoms with E-state index in [2.05, 4.69) is 0 Å². The van der Waals surface area contributed by atoms with Crippen LogP contribution in [0.1, 0.15) is 18.9 Å². The molecule has 108 valence electrons. The molecule has 0 bridgehead atoms. The molecule has 1 aromatic rings. The monoisotopic (exact) mass is 273 g/mol. The van der Waals surface area contributed by atoms with Crippen molar-refractivity contribution in [2.75, 3.05) is 26.8 Å². The molecule has 0 radical (unpaired) electrons. The number of hydrogen-bond acceptors (Lipinski definition) is 3. The first-order valence-corrected chi connectivity index (χ1v) is 6.36. The summed E-state index contributed by atoms with van der Waals surface area (Å²) in [6, 6.07) is 3.56. The van der Waals surface area contributed by atoms with Crippen LogP contribution in [-0.4, -0.2) is 42.9 Å². The first kappa shape index (κ1) is 16.0. The highest BCUT2D eigenvalue weighted by Crippen LogP contribution is 2.13. The van der Waals surface area contributed by atoms with Gasteiger partial charge in [-0.1, -0.05) is 6.07 Å². The number of ether oxygens (including phenoxy) is 1. The van der Waals surface area contributed by atoms with E-state index in [4.69, 9.17) is 4.74 Å². The van der Waals surface area contributed by atoms with Crippen molar-refractivity contribution in [1.29, 1.82) is 0 Å². The van der Waals surface area contributed by atoms with Gasteiger partial charge in [-0.2, -0.15) is 0 Å². The fraction of sp³-hybridized carbons (Fsp3) is 0.571. The first-order chi connectivity index (χ1) is 9.02. The van der Waals surface area contributed by atoms with Crippen molar-refractivity contribution in [3.63, 3.8) is 0 Å². The Morgan fingerprint density at radius 1 is 1.37 bits per heavy atom. The van der Waals surface area contributed by atoms with Crippen LogP contribution in [0, 0.1) is 11.6 Å². The van der Waals surface area contributed by atoms with Crippen LogP contribution in [0.5, 0.6) is 0 Å². The SMILES string of the molecule is COCCCN(Cc1ccc(F)cc1F)CC(C)O. The van der Waals surface area contributed by atoms with E-state index in [0.717, 1.165) is 12.5 Å². The lowest BCUT2D eigenvalue weighted by Gasteiger charge is -2.24. The zero-order valence-corrected chi connectivity index (χ0v) is 11.4. The maximum Gasteiger partial charge on any atom is 0.130 e. The van der Waals surface area contributed by atoms with E-state index in [1.165, 1.54) is 12.1 Å². The number of aliphatic hydroxyl groups excluding tert-OH is 1. The number of methoxy groups -OCH3 is 1. The van der Waals surface area contributed by atoms with Crippen LogP contribution >= 0.6 is 0 Å². The molecular formula is C14H21F2NO2. The summed E-state index contributed by atoms with van der Waals surface area (Å²) in [5.41, 5.74) is 0.430. The van der Waals surface area contributed by atoms with Gasteiger partial charge in [-0.15, -0.1) is 0 Å². The molecule has 0 amide bonds. The molecule has 1 rings (SSSR count). The third-order valence-electron chi connectivity index (χ3n) is 2.75. The highest BCUT2D eigenvalue weighted by molar-refractivity contribution is 5.18. The molecule has 0 spiro atoms. The molecule has 1 unspecified atom stereocenters. The average Bonchev–Trinajstić information content (AvgIpc) is 2.32. The fourth-order valence-electron chi connectivity index (χ4n) is 1.93. The van der Waals surface area contributed by atoms with Gasteiger partial charge in [0, 0.05) is 45.0 Å². The molecule has 1 aromatic carbocycles. The molecule has 0 fully saturated rings. The third-order valence-corrected chi connectivity index (χ3v) is 2.75. The number of benzene rings is 1. The van der Waals surface area contributed by atoms with Gasteiger partial charge in [0.05, 0.1) is 6.10 Å². The van der Waals surface area contributed by atoms with Gasteiger partial charge in [-0.25, -0.2) is 8.78 Å². The molecule has 1 atom stereocenters. The highest BCUT2D eigenvalue weighted by atomic mass is 19.1. The Balaban J connectivity index is 2.64. The fourth-order valence-corrected chi connectivity index (χ4v) is 1.93. The topological polar surface area (TPSA) is 32.7 Å². The predicted molar refractivity (Wildman–Crippen MR) is 69.8 cm³/mol. The quantitative estimate of drug-likeness (QED) is 0.737. The summed E-state index contributed by atoms with van der Waals surface area (Å²) in [7, 11) is 1.62. The zero-order valence-electron chi connectivity index (χ0n) is 11.4. The molecule has 0 aromatic heterocycles. The second-order valence-electron chi connectivity index (χ2n) is 4.67. The standard InChI is InChI=1S/C14H21F2NO2/c1-11(18)9-17(6-3-7-19-2)10-12-4-5-13(15)8-14(12)16/h4-5,8,11,18H,3,6-7,9-10H2,1-2H3. The van der Waals surface area contributed by atoms with E-state index in [9.17, 15) is 13.9 Å². The minimum absolute atomic E-state index is 0.348. The van der Waals surface area contributed by atoms with Gasteiger partial charge in [0.15, 0.2) is 0 Å². The Morgan fingerprint density at radius 3 is 2.68 bits per heavy atom. The molecule has 0 aliphatic rings. The summed E-state index contributed by atoms with van der Waals surface area (Å²) in [6.45, 7) is 3.78. The zero-order chi connectivity index (χ0) is 14.3. The largest absolute Gasteiger partial charge is 0.392 e. The van der Waals surface area contributed by atoms with Crippen LogP contribution in [0.15, 0.2) is 18.2 Å². The summed E-state index contributed by atoms with van der Waals surface area (Å²) in [5.74, 6) is -1.13. The van der Waals surface area contributed by atoms with Gasteiger partial charge < -0.3 is 9.84 Å². The molecular weight excluding hydrogens is 252 g/mol. The normalized spacial score (nSPS) is 12.9. The number of hydrogen-bond donors (Lipinski definition) is 1. The van der Waals surface area contributed by atoms with Crippen molar-refractivity contribution in [2.45, 2.75) is 26.0 Å². The lowest BCUT2D eigenvalue weighted by atomic mass is 10.2. The van der Waals surface area contributed by atoms with Crippen molar-refractivity contribution in [1.82, 2.24) is 4.90 Å².